The molecule has 0 radical (unpaired) electrons. The summed E-state index contributed by atoms with van der Waals surface area (Å²) in [5, 5.41) is 4.98. The number of fused-ring (bicyclic) bond motifs is 2. The molecule has 0 amide bonds. The van der Waals surface area contributed by atoms with Gasteiger partial charge in [0.2, 0.25) is 0 Å². The molecule has 1 fully saturated rings. The molecule has 100 valence electrons. The second-order valence-electron chi connectivity index (χ2n) is 6.73. The first-order chi connectivity index (χ1) is 9.56. The molecule has 1 aliphatic carbocycles. The number of hydrogen-bond donors (Lipinski definition) is 1. The van der Waals surface area contributed by atoms with Gasteiger partial charge < -0.3 is 5.73 Å². The zero-order valence-corrected chi connectivity index (χ0v) is 12.0. The van der Waals surface area contributed by atoms with E-state index in [1.807, 2.05) is 0 Å². The van der Waals surface area contributed by atoms with Crippen molar-refractivity contribution in [3.05, 3.63) is 54.1 Å². The molecule has 1 saturated carbocycles. The molecule has 0 saturated heterocycles. The molecule has 0 aliphatic heterocycles. The van der Waals surface area contributed by atoms with E-state index in [-0.39, 0.29) is 0 Å². The lowest BCUT2D eigenvalue weighted by Crippen LogP contribution is -1.97. The SMILES string of the molecule is CC1(C)CC1c1ccc2cc3ccccc3cc2c1N. The second kappa shape index (κ2) is 3.76. The number of benzene rings is 3. The monoisotopic (exact) mass is 261 g/mol. The van der Waals surface area contributed by atoms with E-state index >= 15 is 0 Å². The molecule has 0 heterocycles. The van der Waals surface area contributed by atoms with Crippen LogP contribution in [0.5, 0.6) is 0 Å². The minimum absolute atomic E-state index is 0.415. The molecule has 2 N–H and O–H groups in total. The maximum atomic E-state index is 6.47. The summed E-state index contributed by atoms with van der Waals surface area (Å²) < 4.78 is 0. The molecule has 3 aromatic carbocycles. The van der Waals surface area contributed by atoms with Crippen molar-refractivity contribution in [2.75, 3.05) is 5.73 Å². The largest absolute Gasteiger partial charge is 0.398 e. The Bertz CT molecular complexity index is 830. The quantitative estimate of drug-likeness (QED) is 0.479. The third kappa shape index (κ3) is 1.62. The van der Waals surface area contributed by atoms with Gasteiger partial charge in [0.15, 0.2) is 0 Å². The lowest BCUT2D eigenvalue weighted by Gasteiger charge is -2.12. The van der Waals surface area contributed by atoms with Crippen LogP contribution in [0.15, 0.2) is 48.5 Å². The molecule has 20 heavy (non-hydrogen) atoms. The summed E-state index contributed by atoms with van der Waals surface area (Å²) in [6, 6.07) is 17.4. The lowest BCUT2D eigenvalue weighted by molar-refractivity contribution is 0.622. The van der Waals surface area contributed by atoms with E-state index in [9.17, 15) is 0 Å². The van der Waals surface area contributed by atoms with Crippen LogP contribution in [0.2, 0.25) is 0 Å². The Morgan fingerprint density at radius 1 is 0.950 bits per heavy atom. The van der Waals surface area contributed by atoms with Gasteiger partial charge in [0, 0.05) is 11.1 Å². The molecule has 1 atom stereocenters. The van der Waals surface area contributed by atoms with Crippen LogP contribution in [-0.4, -0.2) is 0 Å². The average Bonchev–Trinajstić information content (AvgIpc) is 3.06. The molecular weight excluding hydrogens is 242 g/mol. The van der Waals surface area contributed by atoms with Crippen LogP contribution < -0.4 is 5.73 Å². The highest BCUT2D eigenvalue weighted by atomic mass is 14.6. The highest BCUT2D eigenvalue weighted by molar-refractivity contribution is 6.04. The van der Waals surface area contributed by atoms with Crippen LogP contribution in [0.4, 0.5) is 5.69 Å². The fourth-order valence-corrected chi connectivity index (χ4v) is 3.36. The molecule has 1 heteroatoms. The van der Waals surface area contributed by atoms with E-state index < -0.39 is 0 Å². The van der Waals surface area contributed by atoms with Gasteiger partial charge in [-0.3, -0.25) is 0 Å². The first-order valence-electron chi connectivity index (χ1n) is 7.27. The van der Waals surface area contributed by atoms with Crippen LogP contribution in [0.1, 0.15) is 31.7 Å². The molecule has 3 aromatic rings. The Kier molecular flexibility index (Phi) is 2.21. The standard InChI is InChI=1S/C19H19N/c1-19(2)11-17(19)15-8-7-14-9-12-5-3-4-6-13(12)10-16(14)18(15)20/h3-10,17H,11,20H2,1-2H3. The summed E-state index contributed by atoms with van der Waals surface area (Å²) in [7, 11) is 0. The normalized spacial score (nSPS) is 20.4. The Hall–Kier alpha value is -2.02. The van der Waals surface area contributed by atoms with E-state index in [4.69, 9.17) is 5.73 Å². The highest BCUT2D eigenvalue weighted by Crippen LogP contribution is 2.60. The number of hydrogen-bond acceptors (Lipinski definition) is 1. The van der Waals surface area contributed by atoms with Crippen molar-refractivity contribution in [1.29, 1.82) is 0 Å². The lowest BCUT2D eigenvalue weighted by atomic mass is 9.95. The van der Waals surface area contributed by atoms with Crippen molar-refractivity contribution < 1.29 is 0 Å². The Balaban J connectivity index is 1.98. The van der Waals surface area contributed by atoms with Gasteiger partial charge in [-0.25, -0.2) is 0 Å². The van der Waals surface area contributed by atoms with E-state index in [2.05, 4.69) is 62.4 Å². The van der Waals surface area contributed by atoms with Crippen LogP contribution in [0.3, 0.4) is 0 Å². The fourth-order valence-electron chi connectivity index (χ4n) is 3.36. The van der Waals surface area contributed by atoms with Crippen molar-refractivity contribution in [3.8, 4) is 0 Å². The molecule has 1 nitrogen and oxygen atoms in total. The maximum absolute atomic E-state index is 6.47. The van der Waals surface area contributed by atoms with Crippen molar-refractivity contribution in [3.63, 3.8) is 0 Å². The van der Waals surface area contributed by atoms with Crippen LogP contribution >= 0.6 is 0 Å². The predicted octanol–water partition coefficient (Wildman–Crippen LogP) is 5.09. The van der Waals surface area contributed by atoms with Crippen molar-refractivity contribution in [2.45, 2.75) is 26.2 Å². The Morgan fingerprint density at radius 3 is 2.25 bits per heavy atom. The topological polar surface area (TPSA) is 26.0 Å². The van der Waals surface area contributed by atoms with Gasteiger partial charge in [-0.1, -0.05) is 50.2 Å². The van der Waals surface area contributed by atoms with Gasteiger partial charge in [-0.05, 0) is 51.6 Å². The highest BCUT2D eigenvalue weighted by Gasteiger charge is 2.47. The minimum atomic E-state index is 0.415. The van der Waals surface area contributed by atoms with Gasteiger partial charge in [0.25, 0.3) is 0 Å². The van der Waals surface area contributed by atoms with Crippen LogP contribution in [0, 0.1) is 5.41 Å². The van der Waals surface area contributed by atoms with Gasteiger partial charge in [-0.15, -0.1) is 0 Å². The summed E-state index contributed by atoms with van der Waals surface area (Å²) >= 11 is 0. The van der Waals surface area contributed by atoms with Gasteiger partial charge in [0.1, 0.15) is 0 Å². The van der Waals surface area contributed by atoms with E-state index in [0.29, 0.717) is 11.3 Å². The van der Waals surface area contributed by atoms with E-state index in [0.717, 1.165) is 5.69 Å². The van der Waals surface area contributed by atoms with Crippen molar-refractivity contribution in [2.24, 2.45) is 5.41 Å². The number of anilines is 1. The Morgan fingerprint density at radius 2 is 1.60 bits per heavy atom. The maximum Gasteiger partial charge on any atom is 0.0429 e. The van der Waals surface area contributed by atoms with Gasteiger partial charge in [-0.2, -0.15) is 0 Å². The van der Waals surface area contributed by atoms with Crippen molar-refractivity contribution in [1.82, 2.24) is 0 Å². The fraction of sp³-hybridized carbons (Fsp3) is 0.263. The van der Waals surface area contributed by atoms with Crippen LogP contribution in [0.25, 0.3) is 21.5 Å². The molecule has 0 spiro atoms. The average molecular weight is 261 g/mol. The first kappa shape index (κ1) is 11.8. The summed E-state index contributed by atoms with van der Waals surface area (Å²) in [5.74, 6) is 0.623. The predicted molar refractivity (Wildman–Crippen MR) is 87.0 cm³/mol. The zero-order valence-electron chi connectivity index (χ0n) is 12.0. The first-order valence-corrected chi connectivity index (χ1v) is 7.27. The van der Waals surface area contributed by atoms with E-state index in [1.165, 1.54) is 33.5 Å². The smallest absolute Gasteiger partial charge is 0.0429 e. The summed E-state index contributed by atoms with van der Waals surface area (Å²) in [6.45, 7) is 4.64. The zero-order chi connectivity index (χ0) is 13.9. The molecule has 0 bridgehead atoms. The molecule has 4 rings (SSSR count). The van der Waals surface area contributed by atoms with Gasteiger partial charge in [0.05, 0.1) is 0 Å². The third-order valence-corrected chi connectivity index (χ3v) is 4.85. The van der Waals surface area contributed by atoms with Gasteiger partial charge >= 0.3 is 0 Å². The summed E-state index contributed by atoms with van der Waals surface area (Å²) in [6.07, 6.45) is 1.25. The second-order valence-corrected chi connectivity index (χ2v) is 6.73. The van der Waals surface area contributed by atoms with Crippen molar-refractivity contribution >= 4 is 27.2 Å². The van der Waals surface area contributed by atoms with Crippen LogP contribution in [-0.2, 0) is 0 Å². The minimum Gasteiger partial charge on any atom is -0.398 e. The molecule has 0 aromatic heterocycles. The number of rotatable bonds is 1. The van der Waals surface area contributed by atoms with E-state index in [1.54, 1.807) is 0 Å². The number of nitrogens with two attached hydrogens (primary N) is 1. The molecule has 1 aliphatic rings. The Labute approximate surface area is 119 Å². The summed E-state index contributed by atoms with van der Waals surface area (Å²) in [5.41, 5.74) is 9.19. The number of nitrogen functional groups attached to an aromatic ring is 1. The third-order valence-electron chi connectivity index (χ3n) is 4.85. The summed E-state index contributed by atoms with van der Waals surface area (Å²) in [4.78, 5) is 0. The molecule has 1 unspecified atom stereocenters. The molecular formula is C19H19N.